The number of likely N-dealkylation sites (N-methyl/N-ethyl adjacent to an activating group) is 4. The lowest BCUT2D eigenvalue weighted by atomic mass is 10.4. The van der Waals surface area contributed by atoms with Gasteiger partial charge in [0.1, 0.15) is 24.8 Å². The number of imidazole rings is 2. The van der Waals surface area contributed by atoms with E-state index in [1.54, 1.807) is 19.6 Å². The van der Waals surface area contributed by atoms with Gasteiger partial charge in [-0.1, -0.05) is 0 Å². The van der Waals surface area contributed by atoms with Crippen LogP contribution in [0.15, 0.2) is 37.4 Å². The normalized spacial score (nSPS) is 9.57. The van der Waals surface area contributed by atoms with E-state index in [4.69, 9.17) is 0 Å². The van der Waals surface area contributed by atoms with Crippen LogP contribution in [0.2, 0.25) is 0 Å². The minimum absolute atomic E-state index is 0. The summed E-state index contributed by atoms with van der Waals surface area (Å²) in [5, 5.41) is 0. The number of aromatic nitrogens is 4. The van der Waals surface area contributed by atoms with E-state index >= 15 is 0 Å². The Morgan fingerprint density at radius 2 is 0.717 bits per heavy atom. The number of hydrogen-bond donors (Lipinski definition) is 0. The van der Waals surface area contributed by atoms with E-state index in [1.165, 1.54) is 0 Å². The first kappa shape index (κ1) is 49.7. The van der Waals surface area contributed by atoms with Gasteiger partial charge in [-0.3, -0.25) is 19.2 Å². The lowest BCUT2D eigenvalue weighted by molar-refractivity contribution is -0.684. The Kier molecular flexibility index (Phi) is 29.1. The molecule has 0 radical (unpaired) electrons. The van der Waals surface area contributed by atoms with Gasteiger partial charge in [0.2, 0.25) is 12.7 Å². The van der Waals surface area contributed by atoms with Crippen LogP contribution < -0.4 is 33.9 Å². The molecule has 0 aliphatic heterocycles. The highest BCUT2D eigenvalue weighted by atomic mass is 35.5. The summed E-state index contributed by atoms with van der Waals surface area (Å²) in [6.45, 7) is 22.8. The summed E-state index contributed by atoms with van der Waals surface area (Å²) in [5.74, 6) is 0.381. The molecule has 2 rings (SSSR count). The molecule has 14 nitrogen and oxygen atoms in total. The van der Waals surface area contributed by atoms with Gasteiger partial charge in [0.15, 0.2) is 26.2 Å². The van der Waals surface area contributed by atoms with Crippen LogP contribution in [0.5, 0.6) is 0 Å². The molecule has 0 saturated heterocycles. The summed E-state index contributed by atoms with van der Waals surface area (Å²) in [6, 6.07) is 0. The molecule has 2 aromatic rings. The van der Waals surface area contributed by atoms with Crippen molar-refractivity contribution in [2.75, 3.05) is 52.4 Å². The molecule has 0 aliphatic carbocycles. The zero-order chi connectivity index (χ0) is 31.7. The third-order valence-electron chi connectivity index (χ3n) is 7.23. The summed E-state index contributed by atoms with van der Waals surface area (Å²) in [7, 11) is 0. The van der Waals surface area contributed by atoms with Crippen LogP contribution in [-0.4, -0.2) is 116 Å². The minimum Gasteiger partial charge on any atom is -1.00 e. The van der Waals surface area contributed by atoms with E-state index in [2.05, 4.69) is 0 Å². The molecule has 0 fully saturated rings. The Bertz CT molecular complexity index is 947. The molecule has 0 spiro atoms. The molecule has 0 atom stereocenters. The van der Waals surface area contributed by atoms with Crippen molar-refractivity contribution in [2.45, 2.75) is 81.6 Å². The smallest absolute Gasteiger partial charge is 0.264 e. The van der Waals surface area contributed by atoms with Gasteiger partial charge in [-0.05, 0) is 55.4 Å². The molecule has 16 heteroatoms. The number of rotatable bonds is 16. The Hall–Kier alpha value is -3.20. The van der Waals surface area contributed by atoms with Crippen LogP contribution in [0.1, 0.15) is 55.4 Å². The van der Waals surface area contributed by atoms with Gasteiger partial charge in [0.05, 0.1) is 0 Å². The first-order chi connectivity index (χ1) is 20.1. The minimum atomic E-state index is 0. The number of halogens is 2. The van der Waals surface area contributed by atoms with Crippen LogP contribution in [0.25, 0.3) is 0 Å². The Labute approximate surface area is 287 Å². The van der Waals surface area contributed by atoms with Crippen molar-refractivity contribution in [2.24, 2.45) is 0 Å². The van der Waals surface area contributed by atoms with E-state index in [1.807, 2.05) is 111 Å². The largest absolute Gasteiger partial charge is 1.00 e. The van der Waals surface area contributed by atoms with E-state index in [-0.39, 0.29) is 59.4 Å². The second-order valence-electron chi connectivity index (χ2n) is 9.78. The average Bonchev–Trinajstić information content (AvgIpc) is 3.60. The van der Waals surface area contributed by atoms with Crippen molar-refractivity contribution >= 4 is 23.6 Å². The Morgan fingerprint density at radius 1 is 0.478 bits per heavy atom. The fraction of sp³-hybridized carbons (Fsp3) is 0.667. The zero-order valence-electron chi connectivity index (χ0n) is 28.9. The number of carbonyl (C=O) groups is 4. The summed E-state index contributed by atoms with van der Waals surface area (Å²) < 4.78 is 7.26. The molecule has 0 unspecified atom stereocenters. The lowest BCUT2D eigenvalue weighted by Gasteiger charge is -2.17. The highest BCUT2D eigenvalue weighted by Crippen LogP contribution is 1.96. The summed E-state index contributed by atoms with van der Waals surface area (Å²) in [6.07, 6.45) is 10.9. The first-order valence-corrected chi connectivity index (χ1v) is 15.3. The number of carbonyl (C=O) groups excluding carboxylic acids is 4. The van der Waals surface area contributed by atoms with Gasteiger partial charge in [0.25, 0.3) is 23.6 Å². The summed E-state index contributed by atoms with van der Waals surface area (Å²) >= 11 is 0. The summed E-state index contributed by atoms with van der Waals surface area (Å²) in [4.78, 5) is 55.3. The zero-order valence-corrected chi connectivity index (χ0v) is 30.4. The second kappa shape index (κ2) is 27.0. The number of amides is 4. The third-order valence-corrected chi connectivity index (χ3v) is 7.23. The molecule has 0 aliphatic rings. The van der Waals surface area contributed by atoms with Gasteiger partial charge in [-0.25, -0.2) is 18.3 Å². The maximum Gasteiger partial charge on any atom is 0.264 e. The molecule has 4 N–H and O–H groups in total. The molecule has 268 valence electrons. The Balaban J connectivity index is -0.000000353. The maximum absolute atomic E-state index is 12.0. The molecule has 46 heavy (non-hydrogen) atoms. The predicted octanol–water partition coefficient (Wildman–Crippen LogP) is -6.62. The van der Waals surface area contributed by atoms with E-state index in [0.29, 0.717) is 26.2 Å². The van der Waals surface area contributed by atoms with Crippen LogP contribution in [-0.2, 0) is 45.4 Å². The molecule has 2 heterocycles. The Morgan fingerprint density at radius 3 is 0.957 bits per heavy atom. The quantitative estimate of drug-likeness (QED) is 0.160. The lowest BCUT2D eigenvalue weighted by Crippen LogP contribution is -3.00. The molecular weight excluding hydrogens is 639 g/mol. The van der Waals surface area contributed by atoms with Gasteiger partial charge in [0, 0.05) is 52.4 Å². The van der Waals surface area contributed by atoms with E-state index in [9.17, 15) is 19.2 Å². The maximum atomic E-state index is 12.0. The van der Waals surface area contributed by atoms with Gasteiger partial charge in [-0.15, -0.1) is 0 Å². The number of nitrogens with zero attached hydrogens (tertiary/aromatic N) is 8. The molecule has 0 saturated carbocycles. The van der Waals surface area contributed by atoms with Crippen LogP contribution >= 0.6 is 0 Å². The van der Waals surface area contributed by atoms with Crippen LogP contribution in [0.3, 0.4) is 0 Å². The fourth-order valence-electron chi connectivity index (χ4n) is 4.58. The van der Waals surface area contributed by atoms with E-state index < -0.39 is 0 Å². The van der Waals surface area contributed by atoms with Crippen LogP contribution in [0, 0.1) is 0 Å². The van der Waals surface area contributed by atoms with Gasteiger partial charge in [-0.2, -0.15) is 0 Å². The summed E-state index contributed by atoms with van der Waals surface area (Å²) in [5.41, 5.74) is 0. The van der Waals surface area contributed by atoms with Crippen molar-refractivity contribution in [3.8, 4) is 0 Å². The monoisotopic (exact) mass is 696 g/mol. The van der Waals surface area contributed by atoms with Crippen molar-refractivity contribution in [1.29, 1.82) is 0 Å². The van der Waals surface area contributed by atoms with Gasteiger partial charge >= 0.3 is 0 Å². The highest BCUT2D eigenvalue weighted by Gasteiger charge is 2.18. The second-order valence-corrected chi connectivity index (χ2v) is 9.78. The molecule has 0 bridgehead atoms. The standard InChI is InChI=1S/2C15H27N4O2.2ClH.2H2O/c2*1-5-18(6-2)14(20)11-16-9-10-17(13-16)12-15(21)19(7-3)8-4;;;;/h2*9-10,13H,5-8,11-12H2,1-4H3;2*1H;2*1H2/q2*+1;;;;/p-2. The van der Waals surface area contributed by atoms with Crippen LogP contribution in [0.4, 0.5) is 0 Å². The fourth-order valence-corrected chi connectivity index (χ4v) is 4.58. The van der Waals surface area contributed by atoms with E-state index in [0.717, 1.165) is 52.4 Å². The predicted molar refractivity (Wildman–Crippen MR) is 168 cm³/mol. The van der Waals surface area contributed by atoms with Crippen molar-refractivity contribution in [3.63, 3.8) is 0 Å². The highest BCUT2D eigenvalue weighted by molar-refractivity contribution is 5.76. The third kappa shape index (κ3) is 16.4. The SMILES string of the molecule is CCN(CC)C(=O)Cn1cc[n+](CC(=O)N(CC)CC)c1.CCN(CC)C(=O)Cn1cc[n+](CC(=O)N(CC)CC)c1.O.O.[Cl-].[Cl-]. The molecule has 4 amide bonds. The average molecular weight is 698 g/mol. The van der Waals surface area contributed by atoms with Crippen molar-refractivity contribution < 1.29 is 64.1 Å². The number of hydrogen-bond acceptors (Lipinski definition) is 4. The molecule has 2 aromatic heterocycles. The molecule has 0 aromatic carbocycles. The van der Waals surface area contributed by atoms with Crippen molar-refractivity contribution in [3.05, 3.63) is 37.4 Å². The molecular formula is C30H58Cl2N8O6. The first-order valence-electron chi connectivity index (χ1n) is 15.3. The van der Waals surface area contributed by atoms with Gasteiger partial charge < -0.3 is 55.4 Å². The topological polar surface area (TPSA) is 162 Å². The van der Waals surface area contributed by atoms with Crippen molar-refractivity contribution in [1.82, 2.24) is 28.7 Å².